The summed E-state index contributed by atoms with van der Waals surface area (Å²) in [5.41, 5.74) is 5.67. The normalized spacial score (nSPS) is 11.6. The lowest BCUT2D eigenvalue weighted by Gasteiger charge is -2.32. The van der Waals surface area contributed by atoms with E-state index < -0.39 is 6.04 Å². The number of unbranched alkanes of at least 4 members (excludes halogenated alkanes) is 1. The fourth-order valence-corrected chi connectivity index (χ4v) is 4.37. The van der Waals surface area contributed by atoms with Gasteiger partial charge in [0.05, 0.1) is 0 Å². The number of aryl methyl sites for hydroxylation is 3. The molecule has 0 bridgehead atoms. The van der Waals surface area contributed by atoms with Crippen LogP contribution in [0.15, 0.2) is 78.9 Å². The van der Waals surface area contributed by atoms with Crippen LogP contribution < -0.4 is 5.32 Å². The van der Waals surface area contributed by atoms with Crippen LogP contribution in [0.4, 0.5) is 0 Å². The van der Waals surface area contributed by atoms with Crippen molar-refractivity contribution in [1.82, 2.24) is 10.2 Å². The standard InChI is InChI=1S/C32H40N2O2/c1-4-6-22-33-32(36)30(23-28-13-8-7-9-14-28)34(24-29-15-11-10-12-25(29)3)31(35)21-20-27-18-16-26(5-2)17-19-27/h7-19,30H,4-6,20-24H2,1-3H3,(H,33,36). The molecule has 2 amide bonds. The summed E-state index contributed by atoms with van der Waals surface area (Å²) >= 11 is 0. The van der Waals surface area contributed by atoms with Gasteiger partial charge in [-0.2, -0.15) is 0 Å². The number of hydrogen-bond acceptors (Lipinski definition) is 2. The Morgan fingerprint density at radius 2 is 1.50 bits per heavy atom. The zero-order chi connectivity index (χ0) is 25.8. The Labute approximate surface area is 216 Å². The molecule has 3 aromatic rings. The lowest BCUT2D eigenvalue weighted by atomic mass is 10.00. The van der Waals surface area contributed by atoms with Crippen molar-refractivity contribution in [3.05, 3.63) is 107 Å². The van der Waals surface area contributed by atoms with E-state index >= 15 is 0 Å². The van der Waals surface area contributed by atoms with Crippen molar-refractivity contribution < 1.29 is 9.59 Å². The summed E-state index contributed by atoms with van der Waals surface area (Å²) in [5, 5.41) is 3.09. The molecule has 0 saturated carbocycles. The zero-order valence-corrected chi connectivity index (χ0v) is 22.0. The number of carbonyl (C=O) groups is 2. The van der Waals surface area contributed by atoms with Gasteiger partial charge in [-0.15, -0.1) is 0 Å². The summed E-state index contributed by atoms with van der Waals surface area (Å²) in [5.74, 6) is -0.0778. The number of carbonyl (C=O) groups excluding carboxylic acids is 2. The summed E-state index contributed by atoms with van der Waals surface area (Å²) in [6.07, 6.45) is 4.43. The lowest BCUT2D eigenvalue weighted by molar-refractivity contribution is -0.141. The first-order valence-electron chi connectivity index (χ1n) is 13.2. The molecule has 4 heteroatoms. The molecule has 1 unspecified atom stereocenters. The molecule has 1 atom stereocenters. The quantitative estimate of drug-likeness (QED) is 0.300. The third-order valence-electron chi connectivity index (χ3n) is 6.76. The fraction of sp³-hybridized carbons (Fsp3) is 0.375. The van der Waals surface area contributed by atoms with Gasteiger partial charge in [-0.1, -0.05) is 99.1 Å². The highest BCUT2D eigenvalue weighted by atomic mass is 16.2. The summed E-state index contributed by atoms with van der Waals surface area (Å²) in [6, 6.07) is 26.0. The largest absolute Gasteiger partial charge is 0.354 e. The first-order valence-corrected chi connectivity index (χ1v) is 13.2. The number of hydrogen-bond donors (Lipinski definition) is 1. The molecule has 0 aliphatic heterocycles. The maximum Gasteiger partial charge on any atom is 0.243 e. The molecule has 0 spiro atoms. The second-order valence-corrected chi connectivity index (χ2v) is 9.47. The van der Waals surface area contributed by atoms with Gasteiger partial charge in [-0.25, -0.2) is 0 Å². The molecule has 3 rings (SSSR count). The molecule has 0 aliphatic rings. The van der Waals surface area contributed by atoms with Crippen molar-refractivity contribution in [3.63, 3.8) is 0 Å². The van der Waals surface area contributed by atoms with Crippen LogP contribution in [0.5, 0.6) is 0 Å². The molecule has 36 heavy (non-hydrogen) atoms. The highest BCUT2D eigenvalue weighted by molar-refractivity contribution is 5.88. The molecular formula is C32H40N2O2. The zero-order valence-electron chi connectivity index (χ0n) is 22.0. The Morgan fingerprint density at radius 3 is 2.17 bits per heavy atom. The fourth-order valence-electron chi connectivity index (χ4n) is 4.37. The molecule has 190 valence electrons. The van der Waals surface area contributed by atoms with Crippen LogP contribution in [0.1, 0.15) is 60.9 Å². The van der Waals surface area contributed by atoms with Gasteiger partial charge in [-0.05, 0) is 54.0 Å². The summed E-state index contributed by atoms with van der Waals surface area (Å²) in [7, 11) is 0. The average Bonchev–Trinajstić information content (AvgIpc) is 2.91. The smallest absolute Gasteiger partial charge is 0.243 e. The Balaban J connectivity index is 1.87. The molecule has 1 N–H and O–H groups in total. The second kappa shape index (κ2) is 14.2. The number of nitrogens with one attached hydrogen (secondary N) is 1. The van der Waals surface area contributed by atoms with E-state index in [9.17, 15) is 9.59 Å². The minimum atomic E-state index is -0.571. The van der Waals surface area contributed by atoms with E-state index in [-0.39, 0.29) is 11.8 Å². The maximum atomic E-state index is 13.8. The highest BCUT2D eigenvalue weighted by Gasteiger charge is 2.30. The van der Waals surface area contributed by atoms with Crippen molar-refractivity contribution in [3.8, 4) is 0 Å². The SMILES string of the molecule is CCCCNC(=O)C(Cc1ccccc1)N(Cc1ccccc1C)C(=O)CCc1ccc(CC)cc1. The van der Waals surface area contributed by atoms with Gasteiger partial charge in [0.2, 0.25) is 11.8 Å². The molecule has 0 fully saturated rings. The molecule has 0 radical (unpaired) electrons. The Kier molecular flexibility index (Phi) is 10.7. The minimum absolute atomic E-state index is 0.00407. The monoisotopic (exact) mass is 484 g/mol. The molecule has 0 aromatic heterocycles. The van der Waals surface area contributed by atoms with E-state index in [2.05, 4.69) is 56.4 Å². The molecule has 0 heterocycles. The van der Waals surface area contributed by atoms with Crippen LogP contribution in [0.2, 0.25) is 0 Å². The van der Waals surface area contributed by atoms with Crippen molar-refractivity contribution in [1.29, 1.82) is 0 Å². The van der Waals surface area contributed by atoms with Gasteiger partial charge in [0.25, 0.3) is 0 Å². The molecule has 0 saturated heterocycles. The van der Waals surface area contributed by atoms with Gasteiger partial charge >= 0.3 is 0 Å². The molecule has 4 nitrogen and oxygen atoms in total. The van der Waals surface area contributed by atoms with E-state index in [4.69, 9.17) is 0 Å². The van der Waals surface area contributed by atoms with E-state index in [0.29, 0.717) is 32.4 Å². The van der Waals surface area contributed by atoms with E-state index in [1.807, 2.05) is 48.5 Å². The highest BCUT2D eigenvalue weighted by Crippen LogP contribution is 2.19. The van der Waals surface area contributed by atoms with Crippen molar-refractivity contribution in [2.75, 3.05) is 6.54 Å². The van der Waals surface area contributed by atoms with Gasteiger partial charge in [0.1, 0.15) is 6.04 Å². The van der Waals surface area contributed by atoms with Gasteiger partial charge in [0, 0.05) is 25.9 Å². The van der Waals surface area contributed by atoms with E-state index in [1.165, 1.54) is 5.56 Å². The topological polar surface area (TPSA) is 49.4 Å². The van der Waals surface area contributed by atoms with Gasteiger partial charge in [-0.3, -0.25) is 9.59 Å². The minimum Gasteiger partial charge on any atom is -0.354 e. The van der Waals surface area contributed by atoms with Crippen LogP contribution in [-0.2, 0) is 35.4 Å². The van der Waals surface area contributed by atoms with Crippen molar-refractivity contribution in [2.45, 2.75) is 71.9 Å². The third kappa shape index (κ3) is 8.08. The van der Waals surface area contributed by atoms with Crippen LogP contribution >= 0.6 is 0 Å². The number of benzene rings is 3. The lowest BCUT2D eigenvalue weighted by Crippen LogP contribution is -2.50. The van der Waals surface area contributed by atoms with Crippen molar-refractivity contribution >= 4 is 11.8 Å². The van der Waals surface area contributed by atoms with Crippen LogP contribution in [0.25, 0.3) is 0 Å². The second-order valence-electron chi connectivity index (χ2n) is 9.47. The summed E-state index contributed by atoms with van der Waals surface area (Å²) in [6.45, 7) is 7.34. The Hall–Kier alpha value is -3.40. The third-order valence-corrected chi connectivity index (χ3v) is 6.76. The summed E-state index contributed by atoms with van der Waals surface area (Å²) < 4.78 is 0. The maximum absolute atomic E-state index is 13.8. The first kappa shape index (κ1) is 27.2. The number of amides is 2. The van der Waals surface area contributed by atoms with Gasteiger partial charge in [0.15, 0.2) is 0 Å². The Bertz CT molecular complexity index is 1090. The molecule has 0 aliphatic carbocycles. The van der Waals surface area contributed by atoms with Crippen molar-refractivity contribution in [2.24, 2.45) is 0 Å². The molecule has 3 aromatic carbocycles. The predicted molar refractivity (Wildman–Crippen MR) is 148 cm³/mol. The van der Waals surface area contributed by atoms with E-state index in [1.54, 1.807) is 4.90 Å². The van der Waals surface area contributed by atoms with Gasteiger partial charge < -0.3 is 10.2 Å². The van der Waals surface area contributed by atoms with Crippen LogP contribution in [-0.4, -0.2) is 29.3 Å². The first-order chi connectivity index (χ1) is 17.5. The number of nitrogens with zero attached hydrogens (tertiary/aromatic N) is 1. The Morgan fingerprint density at radius 1 is 0.833 bits per heavy atom. The van der Waals surface area contributed by atoms with Crippen LogP contribution in [0, 0.1) is 6.92 Å². The molecular weight excluding hydrogens is 444 g/mol. The summed E-state index contributed by atoms with van der Waals surface area (Å²) in [4.78, 5) is 29.1. The van der Waals surface area contributed by atoms with Crippen LogP contribution in [0.3, 0.4) is 0 Å². The average molecular weight is 485 g/mol. The predicted octanol–water partition coefficient (Wildman–Crippen LogP) is 6.05. The number of rotatable bonds is 13. The van der Waals surface area contributed by atoms with E-state index in [0.717, 1.165) is 41.5 Å².